The topological polar surface area (TPSA) is 38.7 Å². The number of ether oxygens (including phenoxy) is 2. The van der Waals surface area contributed by atoms with Crippen LogP contribution in [0.2, 0.25) is 5.02 Å². The summed E-state index contributed by atoms with van der Waals surface area (Å²) < 4.78 is 11.4. The van der Waals surface area contributed by atoms with E-state index in [1.54, 1.807) is 12.1 Å². The Balaban J connectivity index is 1.59. The van der Waals surface area contributed by atoms with Gasteiger partial charge in [0.25, 0.3) is 0 Å². The van der Waals surface area contributed by atoms with Crippen LogP contribution >= 0.6 is 11.6 Å². The molecule has 0 bridgehead atoms. The first-order valence-corrected chi connectivity index (χ1v) is 8.70. The van der Waals surface area contributed by atoms with Crippen molar-refractivity contribution < 1.29 is 14.6 Å². The predicted molar refractivity (Wildman–Crippen MR) is 102 cm³/mol. The number of aliphatic hydroxyl groups excluding tert-OH is 1. The fourth-order valence-corrected chi connectivity index (χ4v) is 3.18. The maximum absolute atomic E-state index is 10.1. The van der Waals surface area contributed by atoms with Crippen molar-refractivity contribution in [2.24, 2.45) is 0 Å². The van der Waals surface area contributed by atoms with Gasteiger partial charge in [-0.15, -0.1) is 0 Å². The highest BCUT2D eigenvalue weighted by molar-refractivity contribution is 6.30. The lowest BCUT2D eigenvalue weighted by molar-refractivity contribution is 0.0224. The Labute approximate surface area is 157 Å². The summed E-state index contributed by atoms with van der Waals surface area (Å²) in [6.07, 6.45) is 0.727. The summed E-state index contributed by atoms with van der Waals surface area (Å²) in [5, 5.41) is 10.7. The third kappa shape index (κ3) is 3.59. The highest BCUT2D eigenvalue weighted by Crippen LogP contribution is 2.38. The molecule has 1 N–H and O–H groups in total. The number of benzene rings is 3. The predicted octanol–water partition coefficient (Wildman–Crippen LogP) is 5.06. The second-order valence-corrected chi connectivity index (χ2v) is 6.47. The first kappa shape index (κ1) is 16.7. The Morgan fingerprint density at radius 3 is 2.62 bits per heavy atom. The molecule has 0 fully saturated rings. The van der Waals surface area contributed by atoms with Crippen LogP contribution in [0.3, 0.4) is 0 Å². The molecule has 1 aliphatic rings. The molecule has 1 atom stereocenters. The van der Waals surface area contributed by atoms with Crippen LogP contribution in [0.5, 0.6) is 11.5 Å². The molecule has 3 nitrogen and oxygen atoms in total. The molecule has 0 saturated heterocycles. The molecule has 0 saturated carbocycles. The standard InChI is InChI=1S/C22H17ClO3/c23-17-8-4-5-15(11-17)14-25-18-9-10-19-20(16-6-2-1-3-7-16)13-22(24)26-21(19)12-18/h1-13,22,24H,14H2. The molecule has 0 aliphatic carbocycles. The average Bonchev–Trinajstić information content (AvgIpc) is 2.66. The summed E-state index contributed by atoms with van der Waals surface area (Å²) in [4.78, 5) is 0. The minimum Gasteiger partial charge on any atom is -0.489 e. The highest BCUT2D eigenvalue weighted by atomic mass is 35.5. The fourth-order valence-electron chi connectivity index (χ4n) is 2.97. The van der Waals surface area contributed by atoms with Crippen LogP contribution in [0.4, 0.5) is 0 Å². The number of halogens is 1. The molecule has 3 aromatic carbocycles. The van der Waals surface area contributed by atoms with Gasteiger partial charge in [0.05, 0.1) is 0 Å². The summed E-state index contributed by atoms with van der Waals surface area (Å²) >= 11 is 6.00. The van der Waals surface area contributed by atoms with E-state index in [4.69, 9.17) is 21.1 Å². The number of hydrogen-bond donors (Lipinski definition) is 1. The van der Waals surface area contributed by atoms with Crippen LogP contribution in [-0.2, 0) is 6.61 Å². The Bertz CT molecular complexity index is 951. The normalized spacial score (nSPS) is 15.6. The fraction of sp³-hybridized carbons (Fsp3) is 0.0909. The maximum Gasteiger partial charge on any atom is 0.218 e. The van der Waals surface area contributed by atoms with Crippen molar-refractivity contribution in [2.75, 3.05) is 0 Å². The van der Waals surface area contributed by atoms with Gasteiger partial charge in [-0.05, 0) is 47.0 Å². The van der Waals surface area contributed by atoms with E-state index in [-0.39, 0.29) is 0 Å². The molecule has 0 radical (unpaired) electrons. The molecule has 0 aromatic heterocycles. The zero-order valence-electron chi connectivity index (χ0n) is 13.9. The van der Waals surface area contributed by atoms with E-state index < -0.39 is 6.29 Å². The van der Waals surface area contributed by atoms with Gasteiger partial charge in [0.1, 0.15) is 18.1 Å². The van der Waals surface area contributed by atoms with Crippen LogP contribution in [0.15, 0.2) is 78.9 Å². The Hall–Kier alpha value is -2.75. The summed E-state index contributed by atoms with van der Waals surface area (Å²) in [5.74, 6) is 1.27. The zero-order chi connectivity index (χ0) is 17.9. The minimum absolute atomic E-state index is 0.406. The van der Waals surface area contributed by atoms with E-state index in [0.29, 0.717) is 23.1 Å². The largest absolute Gasteiger partial charge is 0.489 e. The Morgan fingerprint density at radius 1 is 0.962 bits per heavy atom. The minimum atomic E-state index is -0.985. The van der Waals surface area contributed by atoms with E-state index in [0.717, 1.165) is 22.3 Å². The molecule has 0 spiro atoms. The first-order chi connectivity index (χ1) is 12.7. The van der Waals surface area contributed by atoms with Gasteiger partial charge in [0.2, 0.25) is 6.29 Å². The van der Waals surface area contributed by atoms with Crippen LogP contribution in [0.1, 0.15) is 16.7 Å². The number of aliphatic hydroxyl groups is 1. The zero-order valence-corrected chi connectivity index (χ0v) is 14.7. The lowest BCUT2D eigenvalue weighted by atomic mass is 9.95. The molecule has 26 heavy (non-hydrogen) atoms. The van der Waals surface area contributed by atoms with E-state index in [1.165, 1.54) is 0 Å². The van der Waals surface area contributed by atoms with Crippen molar-refractivity contribution in [1.29, 1.82) is 0 Å². The van der Waals surface area contributed by atoms with E-state index >= 15 is 0 Å². The monoisotopic (exact) mass is 364 g/mol. The van der Waals surface area contributed by atoms with Crippen molar-refractivity contribution >= 4 is 17.2 Å². The van der Waals surface area contributed by atoms with Gasteiger partial charge in [0, 0.05) is 16.7 Å². The first-order valence-electron chi connectivity index (χ1n) is 8.33. The van der Waals surface area contributed by atoms with Crippen LogP contribution in [-0.4, -0.2) is 11.4 Å². The van der Waals surface area contributed by atoms with Crippen LogP contribution in [0.25, 0.3) is 5.57 Å². The molecule has 4 rings (SSSR count). The molecule has 1 unspecified atom stereocenters. The van der Waals surface area contributed by atoms with E-state index in [9.17, 15) is 5.11 Å². The molecule has 3 aromatic rings. The van der Waals surface area contributed by atoms with Gasteiger partial charge in [-0.1, -0.05) is 54.1 Å². The van der Waals surface area contributed by atoms with Gasteiger partial charge in [-0.2, -0.15) is 0 Å². The lowest BCUT2D eigenvalue weighted by Crippen LogP contribution is -2.18. The molecular weight excluding hydrogens is 348 g/mol. The van der Waals surface area contributed by atoms with Gasteiger partial charge in [0.15, 0.2) is 0 Å². The van der Waals surface area contributed by atoms with Crippen molar-refractivity contribution in [1.82, 2.24) is 0 Å². The molecule has 4 heteroatoms. The van der Waals surface area contributed by atoms with Gasteiger partial charge in [-0.3, -0.25) is 0 Å². The summed E-state index contributed by atoms with van der Waals surface area (Å²) in [6, 6.07) is 23.1. The number of fused-ring (bicyclic) bond motifs is 1. The molecule has 130 valence electrons. The van der Waals surface area contributed by atoms with Gasteiger partial charge >= 0.3 is 0 Å². The number of rotatable bonds is 4. The molecule has 1 heterocycles. The molecular formula is C22H17ClO3. The summed E-state index contributed by atoms with van der Waals surface area (Å²) in [6.45, 7) is 0.406. The van der Waals surface area contributed by atoms with E-state index in [1.807, 2.05) is 66.7 Å². The van der Waals surface area contributed by atoms with Gasteiger partial charge < -0.3 is 14.6 Å². The van der Waals surface area contributed by atoms with Crippen molar-refractivity contribution in [3.05, 3.63) is 101 Å². The molecule has 1 aliphatic heterocycles. The smallest absolute Gasteiger partial charge is 0.218 e. The second kappa shape index (κ2) is 7.24. The SMILES string of the molecule is OC1C=C(c2ccccc2)c2ccc(OCc3cccc(Cl)c3)cc2O1. The quantitative estimate of drug-likeness (QED) is 0.703. The van der Waals surface area contributed by atoms with Gasteiger partial charge in [-0.25, -0.2) is 0 Å². The third-order valence-corrected chi connectivity index (χ3v) is 4.41. The Morgan fingerprint density at radius 2 is 1.81 bits per heavy atom. The second-order valence-electron chi connectivity index (χ2n) is 6.03. The highest BCUT2D eigenvalue weighted by Gasteiger charge is 2.20. The summed E-state index contributed by atoms with van der Waals surface area (Å²) in [7, 11) is 0. The van der Waals surface area contributed by atoms with Crippen LogP contribution in [0, 0.1) is 0 Å². The average molecular weight is 365 g/mol. The maximum atomic E-state index is 10.1. The van der Waals surface area contributed by atoms with E-state index in [2.05, 4.69) is 0 Å². The molecule has 0 amide bonds. The Kier molecular flexibility index (Phi) is 4.65. The van der Waals surface area contributed by atoms with Crippen molar-refractivity contribution in [3.63, 3.8) is 0 Å². The van der Waals surface area contributed by atoms with Crippen molar-refractivity contribution in [3.8, 4) is 11.5 Å². The number of hydrogen-bond acceptors (Lipinski definition) is 3. The summed E-state index contributed by atoms with van der Waals surface area (Å²) in [5.41, 5.74) is 3.89. The van der Waals surface area contributed by atoms with Crippen molar-refractivity contribution in [2.45, 2.75) is 12.9 Å². The third-order valence-electron chi connectivity index (χ3n) is 4.18. The lowest BCUT2D eigenvalue weighted by Gasteiger charge is -2.23. The van der Waals surface area contributed by atoms with Crippen LogP contribution < -0.4 is 9.47 Å².